The second-order valence-electron chi connectivity index (χ2n) is 2.17. The van der Waals surface area contributed by atoms with E-state index in [1.54, 1.807) is 13.0 Å². The lowest BCUT2D eigenvalue weighted by molar-refractivity contribution is -0.136. The van der Waals surface area contributed by atoms with Crippen LogP contribution in [0.4, 0.5) is 0 Å². The number of aliphatic carboxylic acids is 1. The first kappa shape index (κ1) is 9.88. The Morgan fingerprint density at radius 1 is 1.27 bits per heavy atom. The third kappa shape index (κ3) is 6.77. The molecule has 62 valence electrons. The number of carboxylic acid groups (broad SMARTS) is 1. The van der Waals surface area contributed by atoms with Gasteiger partial charge in [0, 0.05) is 12.8 Å². The van der Waals surface area contributed by atoms with Crippen molar-refractivity contribution in [3.63, 3.8) is 0 Å². The number of carbonyl (C=O) groups excluding carboxylic acids is 1. The summed E-state index contributed by atoms with van der Waals surface area (Å²) in [5.74, 6) is -0.739. The van der Waals surface area contributed by atoms with E-state index in [0.29, 0.717) is 12.8 Å². The zero-order valence-electron chi connectivity index (χ0n) is 6.54. The second-order valence-corrected chi connectivity index (χ2v) is 2.17. The summed E-state index contributed by atoms with van der Waals surface area (Å²) in [7, 11) is 0. The van der Waals surface area contributed by atoms with Crippen LogP contribution >= 0.6 is 0 Å². The number of hydrogen-bond acceptors (Lipinski definition) is 2. The van der Waals surface area contributed by atoms with Gasteiger partial charge in [-0.15, -0.1) is 0 Å². The zero-order chi connectivity index (χ0) is 8.69. The summed E-state index contributed by atoms with van der Waals surface area (Å²) in [6.07, 6.45) is 3.95. The Balaban J connectivity index is 3.44. The largest absolute Gasteiger partial charge is 0.481 e. The Hall–Kier alpha value is -1.12. The first-order valence-electron chi connectivity index (χ1n) is 3.55. The van der Waals surface area contributed by atoms with Crippen molar-refractivity contribution in [3.8, 4) is 0 Å². The minimum Gasteiger partial charge on any atom is -0.481 e. The van der Waals surface area contributed by atoms with Crippen molar-refractivity contribution in [1.82, 2.24) is 0 Å². The van der Waals surface area contributed by atoms with E-state index in [1.807, 2.05) is 0 Å². The van der Waals surface area contributed by atoms with Gasteiger partial charge in [0.2, 0.25) is 0 Å². The van der Waals surface area contributed by atoms with Gasteiger partial charge in [-0.2, -0.15) is 0 Å². The monoisotopic (exact) mass is 156 g/mol. The Kier molecular flexibility index (Phi) is 5.07. The van der Waals surface area contributed by atoms with E-state index in [1.165, 1.54) is 6.08 Å². The summed E-state index contributed by atoms with van der Waals surface area (Å²) >= 11 is 0. The van der Waals surface area contributed by atoms with Crippen molar-refractivity contribution in [2.75, 3.05) is 0 Å². The van der Waals surface area contributed by atoms with Gasteiger partial charge < -0.3 is 5.11 Å². The molecule has 1 N–H and O–H groups in total. The molecule has 0 unspecified atom stereocenters. The maximum absolute atomic E-state index is 10.7. The molecule has 0 saturated carbocycles. The number of ketones is 1. The van der Waals surface area contributed by atoms with Gasteiger partial charge in [-0.3, -0.25) is 9.59 Å². The second kappa shape index (κ2) is 5.65. The van der Waals surface area contributed by atoms with Crippen LogP contribution in [-0.4, -0.2) is 16.9 Å². The van der Waals surface area contributed by atoms with Crippen LogP contribution < -0.4 is 0 Å². The molecule has 0 atom stereocenters. The molecule has 0 radical (unpaired) electrons. The molecule has 0 aromatic carbocycles. The van der Waals surface area contributed by atoms with Crippen LogP contribution in [0, 0.1) is 0 Å². The van der Waals surface area contributed by atoms with Crippen LogP contribution in [0.15, 0.2) is 12.2 Å². The molecule has 11 heavy (non-hydrogen) atoms. The van der Waals surface area contributed by atoms with Gasteiger partial charge in [-0.05, 0) is 0 Å². The molecule has 0 spiro atoms. The summed E-state index contributed by atoms with van der Waals surface area (Å²) in [4.78, 5) is 20.6. The molecule has 0 amide bonds. The number of Topliss-reactive ketones (excluding diaryl/α,β-unsaturated/α-hetero) is 1. The summed E-state index contributed by atoms with van der Waals surface area (Å²) in [5.41, 5.74) is 0. The Bertz CT molecular complexity index is 170. The van der Waals surface area contributed by atoms with E-state index >= 15 is 0 Å². The molecule has 0 heterocycles. The van der Waals surface area contributed by atoms with E-state index in [0.717, 1.165) is 0 Å². The van der Waals surface area contributed by atoms with Gasteiger partial charge in [0.15, 0.2) is 0 Å². The van der Waals surface area contributed by atoms with Crippen molar-refractivity contribution in [1.29, 1.82) is 0 Å². The predicted octanol–water partition coefficient (Wildman–Crippen LogP) is 1.39. The first-order valence-corrected chi connectivity index (χ1v) is 3.55. The third-order valence-electron chi connectivity index (χ3n) is 1.20. The highest BCUT2D eigenvalue weighted by Gasteiger charge is 1.93. The van der Waals surface area contributed by atoms with E-state index in [4.69, 9.17) is 5.11 Å². The lowest BCUT2D eigenvalue weighted by atomic mass is 10.2. The van der Waals surface area contributed by atoms with E-state index in [9.17, 15) is 9.59 Å². The van der Waals surface area contributed by atoms with Crippen molar-refractivity contribution in [2.45, 2.75) is 26.2 Å². The molecule has 0 aliphatic rings. The zero-order valence-corrected chi connectivity index (χ0v) is 6.54. The molecule has 0 aliphatic heterocycles. The fourth-order valence-corrected chi connectivity index (χ4v) is 0.543. The minimum absolute atomic E-state index is 0.00298. The highest BCUT2D eigenvalue weighted by molar-refractivity contribution is 5.79. The SMILES string of the molecule is CCC(=O)C/C=C\CC(=O)O. The summed E-state index contributed by atoms with van der Waals surface area (Å²) < 4.78 is 0. The normalized spacial score (nSPS) is 10.3. The molecule has 0 rings (SSSR count). The van der Waals surface area contributed by atoms with Gasteiger partial charge >= 0.3 is 5.97 Å². The lowest BCUT2D eigenvalue weighted by Crippen LogP contribution is -1.93. The molecule has 0 aliphatic carbocycles. The maximum Gasteiger partial charge on any atom is 0.307 e. The average Bonchev–Trinajstić information content (AvgIpc) is 1.97. The minimum atomic E-state index is -0.870. The quantitative estimate of drug-likeness (QED) is 0.612. The van der Waals surface area contributed by atoms with Crippen molar-refractivity contribution < 1.29 is 14.7 Å². The number of allylic oxidation sites excluding steroid dienone is 1. The van der Waals surface area contributed by atoms with Crippen LogP contribution in [-0.2, 0) is 9.59 Å². The third-order valence-corrected chi connectivity index (χ3v) is 1.20. The van der Waals surface area contributed by atoms with Gasteiger partial charge in [-0.1, -0.05) is 19.1 Å². The highest BCUT2D eigenvalue weighted by Crippen LogP contribution is 1.91. The summed E-state index contributed by atoms with van der Waals surface area (Å²) in [6.45, 7) is 1.79. The van der Waals surface area contributed by atoms with E-state index < -0.39 is 5.97 Å². The average molecular weight is 156 g/mol. The molecular weight excluding hydrogens is 144 g/mol. The van der Waals surface area contributed by atoms with Crippen LogP contribution in [0.25, 0.3) is 0 Å². The van der Waals surface area contributed by atoms with Gasteiger partial charge in [0.1, 0.15) is 5.78 Å². The maximum atomic E-state index is 10.7. The Labute approximate surface area is 65.7 Å². The number of carbonyl (C=O) groups is 2. The van der Waals surface area contributed by atoms with E-state index in [-0.39, 0.29) is 12.2 Å². The molecule has 3 nitrogen and oxygen atoms in total. The fraction of sp³-hybridized carbons (Fsp3) is 0.500. The smallest absolute Gasteiger partial charge is 0.307 e. The fourth-order valence-electron chi connectivity index (χ4n) is 0.543. The van der Waals surface area contributed by atoms with Gasteiger partial charge in [-0.25, -0.2) is 0 Å². The highest BCUT2D eigenvalue weighted by atomic mass is 16.4. The predicted molar refractivity (Wildman–Crippen MR) is 41.3 cm³/mol. The van der Waals surface area contributed by atoms with Crippen LogP contribution in [0.2, 0.25) is 0 Å². The molecule has 0 aromatic heterocycles. The number of rotatable bonds is 5. The number of carboxylic acids is 1. The lowest BCUT2D eigenvalue weighted by Gasteiger charge is -1.87. The van der Waals surface area contributed by atoms with Gasteiger partial charge in [0.05, 0.1) is 6.42 Å². The Morgan fingerprint density at radius 3 is 2.27 bits per heavy atom. The molecular formula is C8H12O3. The Morgan fingerprint density at radius 2 is 1.82 bits per heavy atom. The topological polar surface area (TPSA) is 54.4 Å². The van der Waals surface area contributed by atoms with Crippen LogP contribution in [0.3, 0.4) is 0 Å². The van der Waals surface area contributed by atoms with Crippen LogP contribution in [0.1, 0.15) is 26.2 Å². The van der Waals surface area contributed by atoms with Crippen molar-refractivity contribution in [2.24, 2.45) is 0 Å². The standard InChI is InChI=1S/C8H12O3/c1-2-7(9)5-3-4-6-8(10)11/h3-4H,2,5-6H2,1H3,(H,10,11)/b4-3-. The first-order chi connectivity index (χ1) is 5.16. The number of hydrogen-bond donors (Lipinski definition) is 1. The van der Waals surface area contributed by atoms with E-state index in [2.05, 4.69) is 0 Å². The van der Waals surface area contributed by atoms with Crippen LogP contribution in [0.5, 0.6) is 0 Å². The molecule has 0 saturated heterocycles. The molecule has 0 bridgehead atoms. The van der Waals surface area contributed by atoms with Crippen molar-refractivity contribution in [3.05, 3.63) is 12.2 Å². The summed E-state index contributed by atoms with van der Waals surface area (Å²) in [5, 5.41) is 8.20. The molecule has 3 heteroatoms. The van der Waals surface area contributed by atoms with Crippen molar-refractivity contribution >= 4 is 11.8 Å². The summed E-state index contributed by atoms with van der Waals surface area (Å²) in [6, 6.07) is 0. The molecule has 0 fully saturated rings. The molecule has 0 aromatic rings. The van der Waals surface area contributed by atoms with Gasteiger partial charge in [0.25, 0.3) is 0 Å².